The Morgan fingerprint density at radius 1 is 1.16 bits per heavy atom. The molecule has 0 unspecified atom stereocenters. The van der Waals surface area contributed by atoms with Gasteiger partial charge in [-0.2, -0.15) is 0 Å². The lowest BCUT2D eigenvalue weighted by molar-refractivity contribution is -0.442. The third-order valence-electron chi connectivity index (χ3n) is 3.58. The van der Waals surface area contributed by atoms with Crippen molar-refractivity contribution in [2.24, 2.45) is 0 Å². The molecule has 4 atom stereocenters. The van der Waals surface area contributed by atoms with Gasteiger partial charge in [0.1, 0.15) is 6.10 Å². The quantitative estimate of drug-likeness (QED) is 0.770. The lowest BCUT2D eigenvalue weighted by Gasteiger charge is -2.52. The van der Waals surface area contributed by atoms with Gasteiger partial charge in [0.2, 0.25) is 11.6 Å². The maximum atomic E-state index is 11.4. The van der Waals surface area contributed by atoms with Crippen LogP contribution in [0.1, 0.15) is 34.1 Å². The number of rotatable bonds is 2. The van der Waals surface area contributed by atoms with Crippen molar-refractivity contribution in [2.75, 3.05) is 14.2 Å². The smallest absolute Gasteiger partial charge is 0.220 e. The third kappa shape index (κ3) is 2.89. The van der Waals surface area contributed by atoms with Crippen molar-refractivity contribution in [3.63, 3.8) is 0 Å². The summed E-state index contributed by atoms with van der Waals surface area (Å²) in [4.78, 5) is 11.4. The van der Waals surface area contributed by atoms with Crippen LogP contribution in [-0.2, 0) is 23.7 Å². The molecular weight excluding hydrogens is 248 g/mol. The van der Waals surface area contributed by atoms with Gasteiger partial charge in [-0.3, -0.25) is 4.79 Å². The van der Waals surface area contributed by atoms with Gasteiger partial charge in [0, 0.05) is 20.6 Å². The van der Waals surface area contributed by atoms with Crippen LogP contribution in [0.2, 0.25) is 0 Å². The van der Waals surface area contributed by atoms with E-state index in [0.717, 1.165) is 0 Å². The van der Waals surface area contributed by atoms with Gasteiger partial charge in [-0.1, -0.05) is 13.8 Å². The molecule has 0 N–H and O–H groups in total. The molecule has 0 radical (unpaired) electrons. The summed E-state index contributed by atoms with van der Waals surface area (Å²) in [6.45, 7) is 7.51. The second-order valence-corrected chi connectivity index (χ2v) is 4.57. The number of hydrogen-bond donors (Lipinski definition) is 0. The van der Waals surface area contributed by atoms with E-state index < -0.39 is 11.6 Å². The van der Waals surface area contributed by atoms with Crippen LogP contribution in [0.3, 0.4) is 0 Å². The number of carbonyl (C=O) groups is 1. The van der Waals surface area contributed by atoms with Crippen LogP contribution in [-0.4, -0.2) is 43.8 Å². The summed E-state index contributed by atoms with van der Waals surface area (Å²) in [6, 6.07) is 0. The molecule has 1 aliphatic carbocycles. The topological polar surface area (TPSA) is 54.0 Å². The van der Waals surface area contributed by atoms with Crippen LogP contribution in [0.25, 0.3) is 0 Å². The van der Waals surface area contributed by atoms with Crippen molar-refractivity contribution in [1.29, 1.82) is 0 Å². The van der Waals surface area contributed by atoms with Crippen molar-refractivity contribution >= 4 is 5.78 Å². The van der Waals surface area contributed by atoms with E-state index in [1.807, 2.05) is 13.8 Å². The fourth-order valence-corrected chi connectivity index (χ4v) is 2.16. The van der Waals surface area contributed by atoms with E-state index in [1.54, 1.807) is 27.0 Å². The summed E-state index contributed by atoms with van der Waals surface area (Å²) in [5, 5.41) is 0. The van der Waals surface area contributed by atoms with E-state index in [2.05, 4.69) is 0 Å². The minimum atomic E-state index is -1.03. The number of carbonyl (C=O) groups excluding carboxylic acids is 1. The second-order valence-electron chi connectivity index (χ2n) is 4.57. The van der Waals surface area contributed by atoms with Gasteiger partial charge >= 0.3 is 0 Å². The van der Waals surface area contributed by atoms with Crippen molar-refractivity contribution in [3.8, 4) is 0 Å². The first kappa shape index (κ1) is 16.3. The van der Waals surface area contributed by atoms with Gasteiger partial charge < -0.3 is 18.9 Å². The highest BCUT2D eigenvalue weighted by atomic mass is 16.8. The molecule has 0 saturated carbocycles. The molecule has 1 saturated heterocycles. The predicted molar refractivity (Wildman–Crippen MR) is 70.7 cm³/mol. The highest BCUT2D eigenvalue weighted by Gasteiger charge is 2.56. The molecule has 0 aromatic heterocycles. The van der Waals surface area contributed by atoms with Crippen LogP contribution < -0.4 is 0 Å². The summed E-state index contributed by atoms with van der Waals surface area (Å²) in [7, 11) is 3.07. The minimum Gasteiger partial charge on any atom is -0.349 e. The van der Waals surface area contributed by atoms with Crippen LogP contribution in [0.15, 0.2) is 12.2 Å². The molecule has 0 aromatic rings. The number of ketones is 1. The lowest BCUT2D eigenvalue weighted by Crippen LogP contribution is -2.65. The fraction of sp³-hybridized carbons (Fsp3) is 0.786. The van der Waals surface area contributed by atoms with Gasteiger partial charge in [-0.05, 0) is 26.0 Å². The first-order valence-electron chi connectivity index (χ1n) is 6.61. The van der Waals surface area contributed by atoms with Gasteiger partial charge in [0.15, 0.2) is 5.78 Å². The zero-order valence-corrected chi connectivity index (χ0v) is 12.6. The minimum absolute atomic E-state index is 0.0364. The molecule has 110 valence electrons. The van der Waals surface area contributed by atoms with Crippen LogP contribution in [0, 0.1) is 0 Å². The zero-order chi connectivity index (χ0) is 14.7. The number of hydrogen-bond acceptors (Lipinski definition) is 5. The first-order valence-corrected chi connectivity index (χ1v) is 6.61. The summed E-state index contributed by atoms with van der Waals surface area (Å²) < 4.78 is 22.5. The Morgan fingerprint density at radius 3 is 2.21 bits per heavy atom. The standard InChI is InChI=1S/C12H18O5.C2H6/c1-11(14-3)12(2,15-4)17-10-7-8(13)5-6-9(10)16-11;1-2/h5-6,9-10H,7H2,1-4H3;1-2H3/t9-,10-,11+,12+;/m1./s1. The average molecular weight is 272 g/mol. The van der Waals surface area contributed by atoms with E-state index in [-0.39, 0.29) is 18.0 Å². The van der Waals surface area contributed by atoms with E-state index in [9.17, 15) is 4.79 Å². The number of ether oxygens (including phenoxy) is 4. The molecule has 5 heteroatoms. The van der Waals surface area contributed by atoms with Crippen molar-refractivity contribution < 1.29 is 23.7 Å². The average Bonchev–Trinajstić information content (AvgIpc) is 2.43. The molecule has 2 aliphatic rings. The van der Waals surface area contributed by atoms with Crippen LogP contribution >= 0.6 is 0 Å². The van der Waals surface area contributed by atoms with Gasteiger partial charge in [0.05, 0.1) is 6.10 Å². The van der Waals surface area contributed by atoms with Crippen LogP contribution in [0.4, 0.5) is 0 Å². The molecule has 1 heterocycles. The maximum Gasteiger partial charge on any atom is 0.220 e. The number of allylic oxidation sites excluding steroid dienone is 1. The highest BCUT2D eigenvalue weighted by Crippen LogP contribution is 2.41. The number of methoxy groups -OCH3 is 2. The normalized spacial score (nSPS) is 41.3. The largest absolute Gasteiger partial charge is 0.349 e. The fourth-order valence-electron chi connectivity index (χ4n) is 2.16. The Hall–Kier alpha value is -0.750. The van der Waals surface area contributed by atoms with Gasteiger partial charge in [-0.15, -0.1) is 0 Å². The SMILES string of the molecule is CC.CO[C@@]1(C)O[C@@H]2C=CC(=O)C[C@H]2O[C@]1(C)OC. The van der Waals surface area contributed by atoms with Crippen molar-refractivity contribution in [3.05, 3.63) is 12.2 Å². The third-order valence-corrected chi connectivity index (χ3v) is 3.58. The summed E-state index contributed by atoms with van der Waals surface area (Å²) in [6.07, 6.45) is 2.94. The molecule has 0 amide bonds. The van der Waals surface area contributed by atoms with Crippen molar-refractivity contribution in [2.45, 2.75) is 57.9 Å². The zero-order valence-electron chi connectivity index (χ0n) is 12.6. The Labute approximate surface area is 114 Å². The molecule has 0 aromatic carbocycles. The number of fused-ring (bicyclic) bond motifs is 1. The summed E-state index contributed by atoms with van der Waals surface area (Å²) in [5.41, 5.74) is 0. The molecule has 1 aliphatic heterocycles. The van der Waals surface area contributed by atoms with E-state index in [1.165, 1.54) is 13.2 Å². The monoisotopic (exact) mass is 272 g/mol. The van der Waals surface area contributed by atoms with Gasteiger partial charge in [0.25, 0.3) is 0 Å². The summed E-state index contributed by atoms with van der Waals surface area (Å²) in [5.74, 6) is -2.00. The highest BCUT2D eigenvalue weighted by molar-refractivity contribution is 5.91. The Kier molecular flexibility index (Phi) is 5.26. The van der Waals surface area contributed by atoms with E-state index in [0.29, 0.717) is 6.42 Å². The Bertz CT molecular complexity index is 354. The van der Waals surface area contributed by atoms with E-state index >= 15 is 0 Å². The molecule has 2 rings (SSSR count). The molecule has 1 fully saturated rings. The molecule has 0 bridgehead atoms. The molecule has 19 heavy (non-hydrogen) atoms. The summed E-state index contributed by atoms with van der Waals surface area (Å²) >= 11 is 0. The van der Waals surface area contributed by atoms with Gasteiger partial charge in [-0.25, -0.2) is 0 Å². The second kappa shape index (κ2) is 6.13. The van der Waals surface area contributed by atoms with E-state index in [4.69, 9.17) is 18.9 Å². The molecular formula is C14H24O5. The molecule has 5 nitrogen and oxygen atoms in total. The first-order chi connectivity index (χ1) is 8.94. The van der Waals surface area contributed by atoms with Crippen LogP contribution in [0.5, 0.6) is 0 Å². The lowest BCUT2D eigenvalue weighted by atomic mass is 9.96. The van der Waals surface area contributed by atoms with Crippen molar-refractivity contribution in [1.82, 2.24) is 0 Å². The molecule has 0 spiro atoms. The predicted octanol–water partition coefficient (Wildman–Crippen LogP) is 2.05. The Balaban J connectivity index is 0.000000861. The maximum absolute atomic E-state index is 11.4. The Morgan fingerprint density at radius 2 is 1.68 bits per heavy atom.